The molecular formula is C22H29NaO5S. The van der Waals surface area contributed by atoms with Gasteiger partial charge in [-0.15, -0.1) is 0 Å². The molecule has 7 heteroatoms. The van der Waals surface area contributed by atoms with Crippen LogP contribution in [0.15, 0.2) is 47.4 Å². The van der Waals surface area contributed by atoms with Crippen molar-refractivity contribution in [3.05, 3.63) is 48.0 Å². The zero-order chi connectivity index (χ0) is 20.4. The molecule has 0 aliphatic heterocycles. The van der Waals surface area contributed by atoms with Crippen LogP contribution in [0.2, 0.25) is 0 Å². The zero-order valence-corrected chi connectivity index (χ0v) is 20.2. The third kappa shape index (κ3) is 9.09. The standard InChI is InChI=1S/C22H30O5S.Na/c1-2-3-4-5-6-7-8-10-13-18-16-20(23)22(21(17-18)28(24,25)26)27-19-14-11-9-12-15-19;/h9,11-12,14-17,23H,2-8,10,13H2,1H3,(H,24,25,26);/q;+1/p-1. The van der Waals surface area contributed by atoms with Gasteiger partial charge < -0.3 is 9.84 Å². The SMILES string of the molecule is CCCCCCCCCCc1cc([O-])c(Oc2ccccc2)c(S(=O)(=O)O)c1.[Na+]. The van der Waals surface area contributed by atoms with Crippen molar-refractivity contribution in [2.45, 2.75) is 69.6 Å². The Morgan fingerprint density at radius 2 is 1.52 bits per heavy atom. The first-order valence-electron chi connectivity index (χ1n) is 9.96. The summed E-state index contributed by atoms with van der Waals surface area (Å²) < 4.78 is 38.6. The molecule has 0 aliphatic carbocycles. The summed E-state index contributed by atoms with van der Waals surface area (Å²) in [5.74, 6) is -0.581. The molecule has 29 heavy (non-hydrogen) atoms. The van der Waals surface area contributed by atoms with Crippen molar-refractivity contribution in [2.75, 3.05) is 0 Å². The number of para-hydroxylation sites is 1. The van der Waals surface area contributed by atoms with Crippen molar-refractivity contribution in [1.29, 1.82) is 0 Å². The molecular weight excluding hydrogens is 399 g/mol. The molecule has 0 heterocycles. The van der Waals surface area contributed by atoms with Gasteiger partial charge in [-0.05, 0) is 36.6 Å². The third-order valence-electron chi connectivity index (χ3n) is 4.64. The van der Waals surface area contributed by atoms with Crippen molar-refractivity contribution >= 4 is 10.1 Å². The van der Waals surface area contributed by atoms with E-state index in [0.29, 0.717) is 17.7 Å². The van der Waals surface area contributed by atoms with Gasteiger partial charge in [-0.2, -0.15) is 8.42 Å². The van der Waals surface area contributed by atoms with Crippen molar-refractivity contribution in [2.24, 2.45) is 0 Å². The molecule has 1 N–H and O–H groups in total. The largest absolute Gasteiger partial charge is 1.00 e. The van der Waals surface area contributed by atoms with E-state index < -0.39 is 20.8 Å². The summed E-state index contributed by atoms with van der Waals surface area (Å²) in [4.78, 5) is -0.474. The van der Waals surface area contributed by atoms with Gasteiger partial charge in [-0.1, -0.05) is 81.9 Å². The van der Waals surface area contributed by atoms with Gasteiger partial charge in [0.25, 0.3) is 10.1 Å². The van der Waals surface area contributed by atoms with Gasteiger partial charge in [0.05, 0.1) is 0 Å². The van der Waals surface area contributed by atoms with Crippen LogP contribution in [-0.4, -0.2) is 13.0 Å². The quantitative estimate of drug-likeness (QED) is 0.319. The maximum atomic E-state index is 12.4. The normalized spacial score (nSPS) is 11.1. The van der Waals surface area contributed by atoms with Gasteiger partial charge in [0.15, 0.2) is 0 Å². The molecule has 0 fully saturated rings. The van der Waals surface area contributed by atoms with Gasteiger partial charge in [-0.25, -0.2) is 0 Å². The summed E-state index contributed by atoms with van der Waals surface area (Å²) in [6, 6.07) is 11.2. The van der Waals surface area contributed by atoms with Crippen molar-refractivity contribution in [1.82, 2.24) is 0 Å². The predicted octanol–water partition coefficient (Wildman–Crippen LogP) is 2.49. The third-order valence-corrected chi connectivity index (χ3v) is 5.50. The Kier molecular flexibility index (Phi) is 11.9. The zero-order valence-electron chi connectivity index (χ0n) is 17.4. The summed E-state index contributed by atoms with van der Waals surface area (Å²) in [6.45, 7) is 2.20. The van der Waals surface area contributed by atoms with E-state index in [1.807, 2.05) is 0 Å². The second-order valence-electron chi connectivity index (χ2n) is 7.04. The number of aryl methyl sites for hydroxylation is 1. The average molecular weight is 429 g/mol. The fourth-order valence-corrected chi connectivity index (χ4v) is 3.81. The summed E-state index contributed by atoms with van der Waals surface area (Å²) in [5.41, 5.74) is 0.601. The van der Waals surface area contributed by atoms with E-state index in [1.54, 1.807) is 30.3 Å². The minimum absolute atomic E-state index is 0. The fraction of sp³-hybridized carbons (Fsp3) is 0.455. The first-order valence-corrected chi connectivity index (χ1v) is 11.4. The maximum absolute atomic E-state index is 12.4. The summed E-state index contributed by atoms with van der Waals surface area (Å²) in [6.07, 6.45) is 9.87. The van der Waals surface area contributed by atoms with Gasteiger partial charge >= 0.3 is 29.6 Å². The van der Waals surface area contributed by atoms with E-state index in [9.17, 15) is 18.1 Å². The smallest absolute Gasteiger partial charge is 0.870 e. The average Bonchev–Trinajstić information content (AvgIpc) is 2.65. The van der Waals surface area contributed by atoms with Gasteiger partial charge in [0, 0.05) is 0 Å². The van der Waals surface area contributed by atoms with Crippen LogP contribution >= 0.6 is 0 Å². The van der Waals surface area contributed by atoms with Gasteiger partial charge in [-0.3, -0.25) is 4.55 Å². The topological polar surface area (TPSA) is 86.7 Å². The molecule has 0 amide bonds. The monoisotopic (exact) mass is 428 g/mol. The van der Waals surface area contributed by atoms with E-state index in [2.05, 4.69) is 6.92 Å². The molecule has 0 spiro atoms. The number of ether oxygens (including phenoxy) is 1. The van der Waals surface area contributed by atoms with Gasteiger partial charge in [0.2, 0.25) is 0 Å². The molecule has 0 atom stereocenters. The van der Waals surface area contributed by atoms with Crippen LogP contribution in [0.25, 0.3) is 0 Å². The molecule has 0 bridgehead atoms. The van der Waals surface area contributed by atoms with E-state index in [4.69, 9.17) is 4.74 Å². The Bertz CT molecular complexity index is 838. The van der Waals surface area contributed by atoms with Crippen LogP contribution in [-0.2, 0) is 16.5 Å². The molecule has 0 radical (unpaired) electrons. The number of benzene rings is 2. The van der Waals surface area contributed by atoms with Crippen LogP contribution in [0, 0.1) is 0 Å². The van der Waals surface area contributed by atoms with Crippen molar-refractivity contribution < 1.29 is 52.4 Å². The number of hydrogen-bond donors (Lipinski definition) is 1. The van der Waals surface area contributed by atoms with E-state index in [0.717, 1.165) is 19.3 Å². The van der Waals surface area contributed by atoms with Crippen LogP contribution < -0.4 is 39.4 Å². The van der Waals surface area contributed by atoms with E-state index >= 15 is 0 Å². The first-order chi connectivity index (χ1) is 13.4. The van der Waals surface area contributed by atoms with Crippen molar-refractivity contribution in [3.8, 4) is 17.2 Å². The number of unbranched alkanes of at least 4 members (excludes halogenated alkanes) is 7. The number of rotatable bonds is 12. The van der Waals surface area contributed by atoms with Crippen LogP contribution in [0.4, 0.5) is 0 Å². The maximum Gasteiger partial charge on any atom is 1.00 e. The molecule has 154 valence electrons. The second kappa shape index (κ2) is 13.3. The molecule has 0 unspecified atom stereocenters. The molecule has 2 aromatic rings. The Morgan fingerprint density at radius 1 is 0.931 bits per heavy atom. The summed E-state index contributed by atoms with van der Waals surface area (Å²) >= 11 is 0. The minimum atomic E-state index is -4.57. The minimum Gasteiger partial charge on any atom is -0.870 e. The molecule has 0 saturated carbocycles. The summed E-state index contributed by atoms with van der Waals surface area (Å²) in [7, 11) is -4.57. The fourth-order valence-electron chi connectivity index (χ4n) is 3.14. The van der Waals surface area contributed by atoms with Crippen LogP contribution in [0.3, 0.4) is 0 Å². The Balaban J connectivity index is 0.00000420. The molecule has 0 saturated heterocycles. The molecule has 0 aliphatic rings. The van der Waals surface area contributed by atoms with Crippen LogP contribution in [0.5, 0.6) is 17.2 Å². The Hall–Kier alpha value is -1.05. The number of hydrogen-bond acceptors (Lipinski definition) is 4. The Morgan fingerprint density at radius 3 is 2.10 bits per heavy atom. The molecule has 0 aromatic heterocycles. The molecule has 5 nitrogen and oxygen atoms in total. The predicted molar refractivity (Wildman–Crippen MR) is 109 cm³/mol. The van der Waals surface area contributed by atoms with Gasteiger partial charge in [0.1, 0.15) is 16.4 Å². The molecule has 2 aromatic carbocycles. The molecule has 2 rings (SSSR count). The van der Waals surface area contributed by atoms with Crippen molar-refractivity contribution in [3.63, 3.8) is 0 Å². The van der Waals surface area contributed by atoms with E-state index in [1.165, 1.54) is 44.2 Å². The van der Waals surface area contributed by atoms with Crippen LogP contribution in [0.1, 0.15) is 63.9 Å². The summed E-state index contributed by atoms with van der Waals surface area (Å²) in [5, 5.41) is 12.4. The second-order valence-corrected chi connectivity index (χ2v) is 8.43. The first kappa shape index (κ1) is 26.0. The Labute approximate surface area is 196 Å². The van der Waals surface area contributed by atoms with E-state index in [-0.39, 0.29) is 35.3 Å².